The van der Waals surface area contributed by atoms with Crippen LogP contribution in [0, 0.1) is 0 Å². The molecule has 110 valence electrons. The van der Waals surface area contributed by atoms with E-state index in [1.807, 2.05) is 11.7 Å². The first-order valence-electron chi connectivity index (χ1n) is 7.21. The van der Waals surface area contributed by atoms with E-state index in [1.165, 1.54) is 0 Å². The first-order chi connectivity index (χ1) is 9.03. The second kappa shape index (κ2) is 7.88. The largest absolute Gasteiger partial charge is 0.327 e. The van der Waals surface area contributed by atoms with Crippen LogP contribution in [0.25, 0.3) is 0 Å². The Morgan fingerprint density at radius 1 is 1.32 bits per heavy atom. The summed E-state index contributed by atoms with van der Waals surface area (Å²) < 4.78 is 1.87. The molecule has 1 rings (SSSR count). The van der Waals surface area contributed by atoms with Gasteiger partial charge in [-0.05, 0) is 32.5 Å². The van der Waals surface area contributed by atoms with E-state index >= 15 is 0 Å². The van der Waals surface area contributed by atoms with Crippen LogP contribution in [0.2, 0.25) is 5.02 Å². The third-order valence-electron chi connectivity index (χ3n) is 3.67. The van der Waals surface area contributed by atoms with Crippen molar-refractivity contribution in [2.75, 3.05) is 19.6 Å². The van der Waals surface area contributed by atoms with E-state index in [1.54, 1.807) is 0 Å². The predicted octanol–water partition coefficient (Wildman–Crippen LogP) is 2.24. The molecule has 2 N–H and O–H groups in total. The monoisotopic (exact) mass is 286 g/mol. The number of nitrogens with zero attached hydrogens (tertiary/aromatic N) is 3. The average Bonchev–Trinajstić information content (AvgIpc) is 2.67. The molecular formula is C14H27ClN4. The van der Waals surface area contributed by atoms with Gasteiger partial charge in [0.2, 0.25) is 0 Å². The van der Waals surface area contributed by atoms with Crippen molar-refractivity contribution in [1.82, 2.24) is 14.7 Å². The lowest BCUT2D eigenvalue weighted by Gasteiger charge is -2.20. The maximum Gasteiger partial charge on any atom is 0.0850 e. The van der Waals surface area contributed by atoms with Gasteiger partial charge in [0.25, 0.3) is 0 Å². The lowest BCUT2D eigenvalue weighted by Crippen LogP contribution is -2.32. The van der Waals surface area contributed by atoms with Crippen molar-refractivity contribution in [2.45, 2.75) is 46.1 Å². The third-order valence-corrected chi connectivity index (χ3v) is 4.11. The lowest BCUT2D eigenvalue weighted by molar-refractivity contribution is 0.289. The molecule has 0 aliphatic carbocycles. The van der Waals surface area contributed by atoms with Crippen LogP contribution in [0.15, 0.2) is 0 Å². The fourth-order valence-electron chi connectivity index (χ4n) is 2.28. The van der Waals surface area contributed by atoms with Crippen LogP contribution in [-0.4, -0.2) is 40.4 Å². The van der Waals surface area contributed by atoms with Gasteiger partial charge in [0.05, 0.1) is 16.4 Å². The molecule has 0 saturated carbocycles. The van der Waals surface area contributed by atoms with Gasteiger partial charge in [0.15, 0.2) is 0 Å². The molecule has 0 aliphatic heterocycles. The summed E-state index contributed by atoms with van der Waals surface area (Å²) in [5.41, 5.74) is 8.25. The van der Waals surface area contributed by atoms with Crippen molar-refractivity contribution in [3.63, 3.8) is 0 Å². The van der Waals surface area contributed by atoms with E-state index < -0.39 is 0 Å². The number of rotatable bonds is 8. The van der Waals surface area contributed by atoms with Gasteiger partial charge >= 0.3 is 0 Å². The number of hydrogen-bond donors (Lipinski definition) is 1. The summed E-state index contributed by atoms with van der Waals surface area (Å²) >= 11 is 6.34. The van der Waals surface area contributed by atoms with Gasteiger partial charge in [-0.3, -0.25) is 4.68 Å². The van der Waals surface area contributed by atoms with Gasteiger partial charge in [-0.15, -0.1) is 0 Å². The third kappa shape index (κ3) is 4.48. The molecule has 1 aromatic rings. The summed E-state index contributed by atoms with van der Waals surface area (Å²) in [6.45, 7) is 9.63. The summed E-state index contributed by atoms with van der Waals surface area (Å²) in [7, 11) is 1.94. The van der Waals surface area contributed by atoms with Crippen LogP contribution in [0.4, 0.5) is 0 Å². The van der Waals surface area contributed by atoms with Gasteiger partial charge in [0.1, 0.15) is 0 Å². The van der Waals surface area contributed by atoms with Crippen LogP contribution < -0.4 is 5.73 Å². The van der Waals surface area contributed by atoms with E-state index in [0.29, 0.717) is 0 Å². The zero-order valence-electron chi connectivity index (χ0n) is 12.6. The van der Waals surface area contributed by atoms with Gasteiger partial charge in [-0.2, -0.15) is 5.10 Å². The quantitative estimate of drug-likeness (QED) is 0.797. The van der Waals surface area contributed by atoms with Gasteiger partial charge in [-0.1, -0.05) is 32.4 Å². The Balaban J connectivity index is 2.57. The summed E-state index contributed by atoms with van der Waals surface area (Å²) in [6, 6.07) is 0.137. The number of nitrogens with two attached hydrogens (primary N) is 1. The molecule has 1 heterocycles. The Morgan fingerprint density at radius 2 is 1.95 bits per heavy atom. The first kappa shape index (κ1) is 16.5. The Bertz CT molecular complexity index is 385. The van der Waals surface area contributed by atoms with Crippen LogP contribution in [-0.2, 0) is 19.9 Å². The van der Waals surface area contributed by atoms with Crippen molar-refractivity contribution < 1.29 is 0 Å². The molecule has 19 heavy (non-hydrogen) atoms. The summed E-state index contributed by atoms with van der Waals surface area (Å²) in [5, 5.41) is 5.22. The predicted molar refractivity (Wildman–Crippen MR) is 81.7 cm³/mol. The Hall–Kier alpha value is -0.580. The van der Waals surface area contributed by atoms with E-state index in [4.69, 9.17) is 17.3 Å². The number of halogens is 1. The number of aryl methyl sites for hydroxylation is 2. The van der Waals surface area contributed by atoms with Crippen molar-refractivity contribution >= 4 is 11.6 Å². The molecule has 0 radical (unpaired) electrons. The van der Waals surface area contributed by atoms with Crippen LogP contribution in [0.3, 0.4) is 0 Å². The molecule has 1 unspecified atom stereocenters. The van der Waals surface area contributed by atoms with Gasteiger partial charge in [-0.25, -0.2) is 0 Å². The van der Waals surface area contributed by atoms with Gasteiger partial charge < -0.3 is 10.6 Å². The molecular weight excluding hydrogens is 260 g/mol. The average molecular weight is 287 g/mol. The summed E-state index contributed by atoms with van der Waals surface area (Å²) in [6.07, 6.45) is 2.65. The second-order valence-corrected chi connectivity index (χ2v) is 5.34. The van der Waals surface area contributed by atoms with Crippen molar-refractivity contribution in [3.05, 3.63) is 16.4 Å². The highest BCUT2D eigenvalue weighted by Crippen LogP contribution is 2.22. The maximum atomic E-state index is 6.34. The topological polar surface area (TPSA) is 47.1 Å². The molecule has 0 saturated heterocycles. The molecule has 0 bridgehead atoms. The molecule has 0 spiro atoms. The molecule has 0 aliphatic rings. The Labute approximate surface area is 121 Å². The van der Waals surface area contributed by atoms with Gasteiger partial charge in [0, 0.05) is 19.5 Å². The molecule has 1 aromatic heterocycles. The van der Waals surface area contributed by atoms with Crippen LogP contribution >= 0.6 is 11.6 Å². The number of aromatic nitrogens is 2. The molecule has 0 amide bonds. The molecule has 0 fully saturated rings. The minimum Gasteiger partial charge on any atom is -0.327 e. The Morgan fingerprint density at radius 3 is 2.42 bits per heavy atom. The number of hydrogen-bond acceptors (Lipinski definition) is 3. The fourth-order valence-corrected chi connectivity index (χ4v) is 2.65. The second-order valence-electron chi connectivity index (χ2n) is 4.96. The van der Waals surface area contributed by atoms with Crippen molar-refractivity contribution in [3.8, 4) is 0 Å². The molecule has 4 nitrogen and oxygen atoms in total. The van der Waals surface area contributed by atoms with Crippen LogP contribution in [0.1, 0.15) is 38.6 Å². The highest BCUT2D eigenvalue weighted by Gasteiger charge is 2.16. The zero-order chi connectivity index (χ0) is 14.4. The van der Waals surface area contributed by atoms with E-state index in [2.05, 4.69) is 30.8 Å². The Kier molecular flexibility index (Phi) is 6.83. The minimum absolute atomic E-state index is 0.137. The summed E-state index contributed by atoms with van der Waals surface area (Å²) in [4.78, 5) is 2.39. The molecule has 1 atom stereocenters. The standard InChI is InChI=1S/C14H27ClN4/c1-5-12-14(15)13(18(4)17-12)10-11(16)8-9-19(6-2)7-3/h11H,5-10,16H2,1-4H3. The van der Waals surface area contributed by atoms with E-state index in [0.717, 1.165) is 55.3 Å². The zero-order valence-corrected chi connectivity index (χ0v) is 13.4. The SMILES string of the molecule is CCc1nn(C)c(CC(N)CCN(CC)CC)c1Cl. The van der Waals surface area contributed by atoms with Crippen molar-refractivity contribution in [2.24, 2.45) is 12.8 Å². The molecule has 0 aromatic carbocycles. The van der Waals surface area contributed by atoms with Crippen LogP contribution in [0.5, 0.6) is 0 Å². The first-order valence-corrected chi connectivity index (χ1v) is 7.59. The van der Waals surface area contributed by atoms with E-state index in [-0.39, 0.29) is 6.04 Å². The smallest absolute Gasteiger partial charge is 0.0850 e. The fraction of sp³-hybridized carbons (Fsp3) is 0.786. The minimum atomic E-state index is 0.137. The maximum absolute atomic E-state index is 6.34. The lowest BCUT2D eigenvalue weighted by atomic mass is 10.1. The highest BCUT2D eigenvalue weighted by atomic mass is 35.5. The van der Waals surface area contributed by atoms with E-state index in [9.17, 15) is 0 Å². The normalized spacial score (nSPS) is 13.2. The van der Waals surface area contributed by atoms with Crippen molar-refractivity contribution in [1.29, 1.82) is 0 Å². The molecule has 5 heteroatoms. The summed E-state index contributed by atoms with van der Waals surface area (Å²) in [5.74, 6) is 0. The highest BCUT2D eigenvalue weighted by molar-refractivity contribution is 6.31.